The molecule has 3 aromatic rings. The molecule has 0 spiro atoms. The number of rotatable bonds is 10. The van der Waals surface area contributed by atoms with Crippen molar-refractivity contribution in [1.82, 2.24) is 15.0 Å². The van der Waals surface area contributed by atoms with Crippen molar-refractivity contribution in [1.29, 1.82) is 0 Å². The van der Waals surface area contributed by atoms with Crippen molar-refractivity contribution < 1.29 is 19.0 Å². The molecule has 240 valence electrons. The lowest BCUT2D eigenvalue weighted by molar-refractivity contribution is -0.159. The smallest absolute Gasteiger partial charge is 0.311 e. The van der Waals surface area contributed by atoms with Gasteiger partial charge in [-0.3, -0.25) is 4.79 Å². The predicted octanol–water partition coefficient (Wildman–Crippen LogP) is 5.91. The monoisotopic (exact) mass is 614 g/mol. The molecule has 3 aliphatic rings. The van der Waals surface area contributed by atoms with Crippen LogP contribution in [0.15, 0.2) is 36.7 Å². The quantitative estimate of drug-likeness (QED) is 0.268. The molecule has 1 saturated heterocycles. The maximum atomic E-state index is 13.3. The first-order valence-electron chi connectivity index (χ1n) is 16.4. The van der Waals surface area contributed by atoms with E-state index in [-0.39, 0.29) is 18.7 Å². The predicted molar refractivity (Wildman–Crippen MR) is 175 cm³/mol. The molecule has 0 unspecified atom stereocenters. The van der Waals surface area contributed by atoms with Crippen LogP contribution >= 0.6 is 0 Å². The number of aromatic nitrogens is 3. The van der Waals surface area contributed by atoms with E-state index >= 15 is 0 Å². The Morgan fingerprint density at radius 2 is 1.96 bits per heavy atom. The van der Waals surface area contributed by atoms with Gasteiger partial charge in [-0.05, 0) is 95.0 Å². The number of aryl methyl sites for hydroxylation is 2. The van der Waals surface area contributed by atoms with Gasteiger partial charge >= 0.3 is 5.97 Å². The number of anilines is 3. The Balaban J connectivity index is 1.11. The Labute approximate surface area is 266 Å². The molecule has 0 radical (unpaired) electrons. The highest BCUT2D eigenvalue weighted by Crippen LogP contribution is 2.35. The molecular formula is C35H46N6O4. The normalized spacial score (nSPS) is 16.9. The van der Waals surface area contributed by atoms with Crippen LogP contribution in [0.5, 0.6) is 11.5 Å². The fourth-order valence-electron chi connectivity index (χ4n) is 6.46. The fraction of sp³-hybridized carbons (Fsp3) is 0.543. The molecule has 5 heterocycles. The third-order valence-corrected chi connectivity index (χ3v) is 8.88. The second-order valence-corrected chi connectivity index (χ2v) is 13.3. The second kappa shape index (κ2) is 13.5. The van der Waals surface area contributed by atoms with Crippen molar-refractivity contribution in [3.05, 3.63) is 59.0 Å². The number of piperidine rings is 1. The first kappa shape index (κ1) is 30.9. The topological polar surface area (TPSA) is 111 Å². The number of hydrogen-bond donors (Lipinski definition) is 2. The van der Waals surface area contributed by atoms with Gasteiger partial charge in [0.1, 0.15) is 29.4 Å². The summed E-state index contributed by atoms with van der Waals surface area (Å²) in [5.74, 6) is 4.21. The highest BCUT2D eigenvalue weighted by atomic mass is 16.7. The van der Waals surface area contributed by atoms with Crippen LogP contribution in [0.3, 0.4) is 0 Å². The first-order valence-corrected chi connectivity index (χ1v) is 16.4. The SMILES string of the molecule is CCc1c(NC[C@H](CCc2ccc3c(c2)OCO3)C(=O)OC(C)(C)C)ncnc1N1CCC(c2ccc3c(n2)NCCC3)CC1. The number of carbonyl (C=O) groups is 1. The van der Waals surface area contributed by atoms with Gasteiger partial charge in [0.05, 0.1) is 5.92 Å². The lowest BCUT2D eigenvalue weighted by atomic mass is 9.92. The Morgan fingerprint density at radius 3 is 2.76 bits per heavy atom. The van der Waals surface area contributed by atoms with E-state index < -0.39 is 5.60 Å². The maximum Gasteiger partial charge on any atom is 0.311 e. The van der Waals surface area contributed by atoms with E-state index in [2.05, 4.69) is 39.6 Å². The second-order valence-electron chi connectivity index (χ2n) is 13.3. The molecule has 45 heavy (non-hydrogen) atoms. The van der Waals surface area contributed by atoms with E-state index in [0.29, 0.717) is 25.3 Å². The van der Waals surface area contributed by atoms with Gasteiger partial charge in [0.2, 0.25) is 6.79 Å². The van der Waals surface area contributed by atoms with Crippen LogP contribution in [0.4, 0.5) is 17.5 Å². The third kappa shape index (κ3) is 7.43. The van der Waals surface area contributed by atoms with Gasteiger partial charge in [0.15, 0.2) is 11.5 Å². The fourth-order valence-corrected chi connectivity index (χ4v) is 6.46. The largest absolute Gasteiger partial charge is 0.460 e. The van der Waals surface area contributed by atoms with Crippen molar-refractivity contribution in [3.8, 4) is 11.5 Å². The Hall–Kier alpha value is -4.08. The summed E-state index contributed by atoms with van der Waals surface area (Å²) in [6.45, 7) is 11.3. The number of pyridine rings is 1. The maximum absolute atomic E-state index is 13.3. The molecule has 0 bridgehead atoms. The van der Waals surface area contributed by atoms with E-state index in [1.165, 1.54) is 17.7 Å². The van der Waals surface area contributed by atoms with Crippen LogP contribution in [0.25, 0.3) is 0 Å². The van der Waals surface area contributed by atoms with Crippen molar-refractivity contribution in [2.75, 3.05) is 48.5 Å². The number of ether oxygens (including phenoxy) is 3. The molecule has 1 aromatic carbocycles. The average molecular weight is 615 g/mol. The number of esters is 1. The lowest BCUT2D eigenvalue weighted by Gasteiger charge is -2.34. The summed E-state index contributed by atoms with van der Waals surface area (Å²) < 4.78 is 16.8. The lowest BCUT2D eigenvalue weighted by Crippen LogP contribution is -2.35. The zero-order chi connectivity index (χ0) is 31.4. The zero-order valence-corrected chi connectivity index (χ0v) is 27.0. The van der Waals surface area contributed by atoms with Gasteiger partial charge < -0.3 is 29.7 Å². The molecule has 2 aromatic heterocycles. The van der Waals surface area contributed by atoms with Crippen LogP contribution in [0.1, 0.15) is 81.7 Å². The summed E-state index contributed by atoms with van der Waals surface area (Å²) in [6, 6.07) is 10.4. The Bertz CT molecular complexity index is 1500. The minimum atomic E-state index is -0.567. The van der Waals surface area contributed by atoms with Crippen LogP contribution in [0.2, 0.25) is 0 Å². The number of fused-ring (bicyclic) bond motifs is 2. The van der Waals surface area contributed by atoms with Crippen molar-refractivity contribution in [2.24, 2.45) is 5.92 Å². The molecule has 0 amide bonds. The highest BCUT2D eigenvalue weighted by molar-refractivity contribution is 5.74. The Morgan fingerprint density at radius 1 is 1.13 bits per heavy atom. The summed E-state index contributed by atoms with van der Waals surface area (Å²) in [4.78, 5) is 30.1. The average Bonchev–Trinajstić information content (AvgIpc) is 3.52. The van der Waals surface area contributed by atoms with Crippen LogP contribution in [-0.4, -0.2) is 59.5 Å². The van der Waals surface area contributed by atoms with Gasteiger partial charge in [-0.15, -0.1) is 0 Å². The standard InChI is InChI=1S/C35H46N6O4/c1-5-27-32(37-20-26(34(42)45-35(2,3)4)10-8-23-9-13-29-30(19-23)44-22-43-29)38-21-39-33(27)41-17-14-24(15-18-41)28-12-11-25-7-6-16-36-31(25)40-28/h9,11-13,19,21,24,26H,5-8,10,14-18,20,22H2,1-4H3,(H,36,40)(H,37,38,39)/t26-/m0/s1. The number of hydrogen-bond acceptors (Lipinski definition) is 10. The third-order valence-electron chi connectivity index (χ3n) is 8.88. The molecule has 2 N–H and O–H groups in total. The van der Waals surface area contributed by atoms with Crippen LogP contribution in [0, 0.1) is 5.92 Å². The molecule has 1 atom stereocenters. The van der Waals surface area contributed by atoms with Crippen molar-refractivity contribution in [3.63, 3.8) is 0 Å². The molecule has 10 heteroatoms. The molecule has 0 aliphatic carbocycles. The molecular weight excluding hydrogens is 568 g/mol. The number of nitrogens with zero attached hydrogens (tertiary/aromatic N) is 4. The van der Waals surface area contributed by atoms with E-state index in [1.807, 2.05) is 39.0 Å². The van der Waals surface area contributed by atoms with E-state index in [9.17, 15) is 4.79 Å². The van der Waals surface area contributed by atoms with Crippen molar-refractivity contribution in [2.45, 2.75) is 84.2 Å². The van der Waals surface area contributed by atoms with E-state index in [0.717, 1.165) is 85.4 Å². The number of benzene rings is 1. The van der Waals surface area contributed by atoms with Crippen molar-refractivity contribution >= 4 is 23.4 Å². The van der Waals surface area contributed by atoms with Gasteiger partial charge in [0.25, 0.3) is 0 Å². The Kier molecular flexibility index (Phi) is 9.28. The number of nitrogens with one attached hydrogen (secondary N) is 2. The molecule has 10 nitrogen and oxygen atoms in total. The summed E-state index contributed by atoms with van der Waals surface area (Å²) in [7, 11) is 0. The highest BCUT2D eigenvalue weighted by Gasteiger charge is 2.28. The van der Waals surface area contributed by atoms with Gasteiger partial charge in [0, 0.05) is 43.4 Å². The summed E-state index contributed by atoms with van der Waals surface area (Å²) in [6.07, 6.45) is 8.09. The summed E-state index contributed by atoms with van der Waals surface area (Å²) in [5.41, 5.74) is 4.12. The molecule has 1 fully saturated rings. The number of carbonyl (C=O) groups excluding carboxylic acids is 1. The van der Waals surface area contributed by atoms with Gasteiger partial charge in [-0.25, -0.2) is 15.0 Å². The minimum Gasteiger partial charge on any atom is -0.460 e. The molecule has 0 saturated carbocycles. The molecule has 6 rings (SSSR count). The zero-order valence-electron chi connectivity index (χ0n) is 27.0. The summed E-state index contributed by atoms with van der Waals surface area (Å²) >= 11 is 0. The van der Waals surface area contributed by atoms with Gasteiger partial charge in [-0.2, -0.15) is 0 Å². The van der Waals surface area contributed by atoms with E-state index in [4.69, 9.17) is 24.2 Å². The van der Waals surface area contributed by atoms with Gasteiger partial charge in [-0.1, -0.05) is 19.1 Å². The minimum absolute atomic E-state index is 0.212. The van der Waals surface area contributed by atoms with E-state index in [1.54, 1.807) is 6.33 Å². The summed E-state index contributed by atoms with van der Waals surface area (Å²) in [5, 5.41) is 6.99. The molecule has 3 aliphatic heterocycles. The first-order chi connectivity index (χ1) is 21.8. The van der Waals surface area contributed by atoms with Crippen LogP contribution in [-0.2, 0) is 28.8 Å². The van der Waals surface area contributed by atoms with Crippen LogP contribution < -0.4 is 25.0 Å².